The van der Waals surface area contributed by atoms with E-state index in [-0.39, 0.29) is 18.6 Å². The summed E-state index contributed by atoms with van der Waals surface area (Å²) in [5, 5.41) is 11.0. The summed E-state index contributed by atoms with van der Waals surface area (Å²) in [6.07, 6.45) is 4.43. The summed E-state index contributed by atoms with van der Waals surface area (Å²) >= 11 is 0. The third-order valence-corrected chi connectivity index (χ3v) is 3.17. The van der Waals surface area contributed by atoms with Crippen LogP contribution in [0.2, 0.25) is 0 Å². The molecule has 1 aromatic heterocycles. The van der Waals surface area contributed by atoms with Crippen LogP contribution in [0, 0.1) is 0 Å². The number of ether oxygens (including phenoxy) is 1. The van der Waals surface area contributed by atoms with Crippen molar-refractivity contribution in [2.45, 2.75) is 6.42 Å². The molecule has 1 aromatic carbocycles. The lowest BCUT2D eigenvalue weighted by molar-refractivity contribution is -0.137. The van der Waals surface area contributed by atoms with E-state index in [2.05, 4.69) is 15.3 Å². The van der Waals surface area contributed by atoms with Gasteiger partial charge >= 0.3 is 5.97 Å². The Morgan fingerprint density at radius 2 is 2.16 bits per heavy atom. The molecule has 0 saturated carbocycles. The lowest BCUT2D eigenvalue weighted by Gasteiger charge is -2.05. The highest BCUT2D eigenvalue weighted by Crippen LogP contribution is 2.15. The van der Waals surface area contributed by atoms with E-state index in [1.807, 2.05) is 6.07 Å². The Morgan fingerprint density at radius 1 is 1.36 bits per heavy atom. The molecule has 2 rings (SSSR count). The molecule has 0 aliphatic carbocycles. The highest BCUT2D eigenvalue weighted by atomic mass is 16.5. The Morgan fingerprint density at radius 3 is 2.84 bits per heavy atom. The molecule has 0 fully saturated rings. The van der Waals surface area contributed by atoms with E-state index in [9.17, 15) is 14.4 Å². The van der Waals surface area contributed by atoms with Crippen LogP contribution in [-0.2, 0) is 4.79 Å². The molecule has 8 heteroatoms. The highest BCUT2D eigenvalue weighted by molar-refractivity contribution is 5.93. The van der Waals surface area contributed by atoms with E-state index in [0.717, 1.165) is 5.56 Å². The van der Waals surface area contributed by atoms with Crippen molar-refractivity contribution < 1.29 is 19.4 Å². The predicted molar refractivity (Wildman–Crippen MR) is 91.4 cm³/mol. The number of aliphatic carboxylic acids is 1. The minimum Gasteiger partial charge on any atom is -0.493 e. The van der Waals surface area contributed by atoms with Gasteiger partial charge in [-0.1, -0.05) is 18.2 Å². The average Bonchev–Trinajstić information content (AvgIpc) is 2.59. The first-order valence-electron chi connectivity index (χ1n) is 7.43. The van der Waals surface area contributed by atoms with Crippen molar-refractivity contribution in [1.82, 2.24) is 15.3 Å². The molecule has 0 aliphatic rings. The number of carboxylic acids is 1. The van der Waals surface area contributed by atoms with Crippen LogP contribution in [0.15, 0.2) is 35.3 Å². The second-order valence-electron chi connectivity index (χ2n) is 4.99. The first-order chi connectivity index (χ1) is 12.0. The van der Waals surface area contributed by atoms with Gasteiger partial charge in [-0.15, -0.1) is 0 Å². The Hall–Kier alpha value is -3.42. The second-order valence-corrected chi connectivity index (χ2v) is 4.99. The number of nitrogens with one attached hydrogen (secondary N) is 2. The smallest absolute Gasteiger partial charge is 0.306 e. The molecule has 0 atom stereocenters. The largest absolute Gasteiger partial charge is 0.493 e. The Bertz CT molecular complexity index is 857. The number of H-pyrrole nitrogens is 1. The van der Waals surface area contributed by atoms with Crippen LogP contribution in [0.4, 0.5) is 0 Å². The number of amides is 1. The highest BCUT2D eigenvalue weighted by Gasteiger charge is 2.08. The van der Waals surface area contributed by atoms with Crippen LogP contribution < -0.4 is 15.6 Å². The summed E-state index contributed by atoms with van der Waals surface area (Å²) in [5.41, 5.74) is 0.194. The fraction of sp³-hybridized carbons (Fsp3) is 0.176. The van der Waals surface area contributed by atoms with Crippen LogP contribution in [0.3, 0.4) is 0 Å². The van der Waals surface area contributed by atoms with Gasteiger partial charge in [0.2, 0.25) is 0 Å². The molecular formula is C17H17N3O5. The number of rotatable bonds is 7. The third-order valence-electron chi connectivity index (χ3n) is 3.17. The average molecular weight is 343 g/mol. The number of carboxylic acid groups (broad SMARTS) is 1. The van der Waals surface area contributed by atoms with Crippen molar-refractivity contribution in [3.05, 3.63) is 57.8 Å². The van der Waals surface area contributed by atoms with Crippen LogP contribution in [-0.4, -0.2) is 40.6 Å². The van der Waals surface area contributed by atoms with Crippen molar-refractivity contribution in [1.29, 1.82) is 0 Å². The number of benzene rings is 1. The number of carbonyl (C=O) groups is 2. The van der Waals surface area contributed by atoms with Crippen LogP contribution in [0.1, 0.15) is 28.2 Å². The van der Waals surface area contributed by atoms with E-state index < -0.39 is 17.4 Å². The predicted octanol–water partition coefficient (Wildman–Crippen LogP) is 1.15. The molecule has 25 heavy (non-hydrogen) atoms. The molecule has 1 heterocycles. The van der Waals surface area contributed by atoms with Gasteiger partial charge in [-0.2, -0.15) is 0 Å². The van der Waals surface area contributed by atoms with Gasteiger partial charge in [0.15, 0.2) is 0 Å². The fourth-order valence-corrected chi connectivity index (χ4v) is 1.93. The maximum absolute atomic E-state index is 11.8. The molecule has 3 N–H and O–H groups in total. The molecule has 0 radical (unpaired) electrons. The summed E-state index contributed by atoms with van der Waals surface area (Å²) in [6, 6.07) is 7.03. The second kappa shape index (κ2) is 8.44. The molecule has 8 nitrogen and oxygen atoms in total. The number of aromatic nitrogens is 2. The van der Waals surface area contributed by atoms with Crippen molar-refractivity contribution in [3.63, 3.8) is 0 Å². The van der Waals surface area contributed by atoms with Crippen LogP contribution in [0.25, 0.3) is 12.2 Å². The Labute approximate surface area is 143 Å². The van der Waals surface area contributed by atoms with Crippen LogP contribution in [0.5, 0.6) is 5.75 Å². The number of aromatic amines is 1. The normalized spacial score (nSPS) is 10.6. The fourth-order valence-electron chi connectivity index (χ4n) is 1.93. The van der Waals surface area contributed by atoms with Gasteiger partial charge < -0.3 is 20.1 Å². The molecule has 2 aromatic rings. The van der Waals surface area contributed by atoms with E-state index in [1.165, 1.54) is 13.2 Å². The maximum Gasteiger partial charge on any atom is 0.306 e. The zero-order valence-electron chi connectivity index (χ0n) is 13.5. The standard InChI is InChI=1S/C17H17N3O5/c1-18-16(23)13-10-19-14(20-17(13)24)6-5-11-3-2-4-12(9-11)25-8-7-15(21)22/h2-6,9-10H,7-8H2,1H3,(H,18,23)(H,21,22)(H,19,20,24)/b6-5-. The zero-order valence-corrected chi connectivity index (χ0v) is 13.5. The summed E-state index contributed by atoms with van der Waals surface area (Å²) in [6.45, 7) is 0.0817. The van der Waals surface area contributed by atoms with Crippen molar-refractivity contribution >= 4 is 24.0 Å². The first-order valence-corrected chi connectivity index (χ1v) is 7.43. The quantitative estimate of drug-likeness (QED) is 0.693. The number of carbonyl (C=O) groups excluding carboxylic acids is 1. The van der Waals surface area contributed by atoms with Crippen molar-refractivity contribution in [2.24, 2.45) is 0 Å². The van der Waals surface area contributed by atoms with Gasteiger partial charge in [0.1, 0.15) is 17.1 Å². The Balaban J connectivity index is 2.09. The molecule has 0 aliphatic heterocycles. The summed E-state index contributed by atoms with van der Waals surface area (Å²) in [5.74, 6) is -0.587. The van der Waals surface area contributed by atoms with Gasteiger partial charge in [0.05, 0.1) is 13.0 Å². The Kier molecular flexibility index (Phi) is 6.05. The first kappa shape index (κ1) is 17.9. The van der Waals surface area contributed by atoms with Gasteiger partial charge in [0.25, 0.3) is 11.5 Å². The topological polar surface area (TPSA) is 121 Å². The van der Waals surface area contributed by atoms with Gasteiger partial charge in [-0.25, -0.2) is 4.98 Å². The minimum absolute atomic E-state index is 0.0616. The minimum atomic E-state index is -0.925. The molecule has 0 bridgehead atoms. The lowest BCUT2D eigenvalue weighted by Crippen LogP contribution is -2.27. The molecule has 130 valence electrons. The lowest BCUT2D eigenvalue weighted by atomic mass is 10.2. The third kappa shape index (κ3) is 5.31. The van der Waals surface area contributed by atoms with E-state index in [1.54, 1.807) is 30.4 Å². The molecule has 0 unspecified atom stereocenters. The van der Waals surface area contributed by atoms with E-state index >= 15 is 0 Å². The molecule has 0 spiro atoms. The maximum atomic E-state index is 11.8. The van der Waals surface area contributed by atoms with Crippen LogP contribution >= 0.6 is 0 Å². The summed E-state index contributed by atoms with van der Waals surface area (Å²) in [7, 11) is 1.43. The van der Waals surface area contributed by atoms with Crippen molar-refractivity contribution in [2.75, 3.05) is 13.7 Å². The summed E-state index contributed by atoms with van der Waals surface area (Å²) in [4.78, 5) is 40.3. The monoisotopic (exact) mass is 343 g/mol. The van der Waals surface area contributed by atoms with E-state index in [0.29, 0.717) is 11.6 Å². The SMILES string of the molecule is CNC(=O)c1cnc(/C=C\c2cccc(OCCC(=O)O)c2)[nH]c1=O. The zero-order chi connectivity index (χ0) is 18.2. The van der Waals surface area contributed by atoms with Gasteiger partial charge in [0, 0.05) is 13.2 Å². The van der Waals surface area contributed by atoms with E-state index in [4.69, 9.17) is 9.84 Å². The molecule has 1 amide bonds. The van der Waals surface area contributed by atoms with Gasteiger partial charge in [-0.3, -0.25) is 14.4 Å². The molecular weight excluding hydrogens is 326 g/mol. The number of hydrogen-bond donors (Lipinski definition) is 3. The number of nitrogens with zero attached hydrogens (tertiary/aromatic N) is 1. The molecule has 0 saturated heterocycles. The summed E-state index contributed by atoms with van der Waals surface area (Å²) < 4.78 is 5.35. The van der Waals surface area contributed by atoms with Crippen molar-refractivity contribution in [3.8, 4) is 5.75 Å². The number of hydrogen-bond acceptors (Lipinski definition) is 5. The van der Waals surface area contributed by atoms with Gasteiger partial charge in [-0.05, 0) is 23.8 Å².